The molecule has 0 amide bonds. The van der Waals surface area contributed by atoms with E-state index in [9.17, 15) is 4.79 Å². The normalized spacial score (nSPS) is 22.5. The highest BCUT2D eigenvalue weighted by Crippen LogP contribution is 2.28. The second kappa shape index (κ2) is 5.41. The standard InChI is InChI=1S/C16H20N2O3/c1-10-7-18(8-11(2)17-10)12-4-5-15-13(6-12)14(9-21-15)16(19)20-3/h4-6,9-11,17H,7-8H2,1-3H3. The van der Waals surface area contributed by atoms with Crippen LogP contribution in [0.25, 0.3) is 11.0 Å². The van der Waals surface area contributed by atoms with Crippen LogP contribution in [-0.2, 0) is 4.74 Å². The molecule has 2 heterocycles. The average Bonchev–Trinajstić information content (AvgIpc) is 2.88. The molecule has 1 N–H and O–H groups in total. The van der Waals surface area contributed by atoms with E-state index in [0.29, 0.717) is 23.2 Å². The zero-order chi connectivity index (χ0) is 15.0. The average molecular weight is 288 g/mol. The van der Waals surface area contributed by atoms with E-state index in [0.717, 1.165) is 24.2 Å². The summed E-state index contributed by atoms with van der Waals surface area (Å²) in [7, 11) is 1.38. The third kappa shape index (κ3) is 2.61. The van der Waals surface area contributed by atoms with Crippen molar-refractivity contribution < 1.29 is 13.9 Å². The first-order valence-electron chi connectivity index (χ1n) is 7.19. The summed E-state index contributed by atoms with van der Waals surface area (Å²) < 4.78 is 10.2. The van der Waals surface area contributed by atoms with Crippen molar-refractivity contribution in [3.05, 3.63) is 30.0 Å². The predicted molar refractivity (Wildman–Crippen MR) is 81.8 cm³/mol. The predicted octanol–water partition coefficient (Wildman–Crippen LogP) is 2.41. The van der Waals surface area contributed by atoms with Gasteiger partial charge in [-0.2, -0.15) is 0 Å². The molecule has 21 heavy (non-hydrogen) atoms. The summed E-state index contributed by atoms with van der Waals surface area (Å²) >= 11 is 0. The summed E-state index contributed by atoms with van der Waals surface area (Å²) in [6.45, 7) is 6.25. The second-order valence-corrected chi connectivity index (χ2v) is 5.70. The van der Waals surface area contributed by atoms with Crippen molar-refractivity contribution in [1.29, 1.82) is 0 Å². The number of esters is 1. The number of methoxy groups -OCH3 is 1. The molecular weight excluding hydrogens is 268 g/mol. The van der Waals surface area contributed by atoms with E-state index in [1.807, 2.05) is 18.2 Å². The van der Waals surface area contributed by atoms with Gasteiger partial charge in [-0.15, -0.1) is 0 Å². The molecule has 112 valence electrons. The number of benzene rings is 1. The molecule has 0 spiro atoms. The summed E-state index contributed by atoms with van der Waals surface area (Å²) in [5.41, 5.74) is 2.29. The highest BCUT2D eigenvalue weighted by molar-refractivity contribution is 6.04. The van der Waals surface area contributed by atoms with Crippen LogP contribution in [0.3, 0.4) is 0 Å². The van der Waals surface area contributed by atoms with E-state index in [1.54, 1.807) is 0 Å². The number of nitrogens with zero attached hydrogens (tertiary/aromatic N) is 1. The maximum Gasteiger partial charge on any atom is 0.341 e. The molecule has 5 nitrogen and oxygen atoms in total. The zero-order valence-electron chi connectivity index (χ0n) is 12.6. The molecule has 0 saturated carbocycles. The van der Waals surface area contributed by atoms with Crippen LogP contribution in [0.4, 0.5) is 5.69 Å². The highest BCUT2D eigenvalue weighted by Gasteiger charge is 2.22. The Balaban J connectivity index is 1.98. The molecule has 1 aromatic carbocycles. The molecule has 3 rings (SSSR count). The monoisotopic (exact) mass is 288 g/mol. The molecule has 1 aliphatic rings. The molecule has 0 radical (unpaired) electrons. The van der Waals surface area contributed by atoms with Crippen LogP contribution in [0, 0.1) is 0 Å². The fourth-order valence-electron chi connectivity index (χ4n) is 3.02. The molecule has 1 fully saturated rings. The molecule has 1 aliphatic heterocycles. The highest BCUT2D eigenvalue weighted by atomic mass is 16.5. The number of piperazine rings is 1. The molecule has 1 aromatic heterocycles. The smallest absolute Gasteiger partial charge is 0.341 e. The zero-order valence-corrected chi connectivity index (χ0v) is 12.6. The van der Waals surface area contributed by atoms with Gasteiger partial charge in [0.1, 0.15) is 17.4 Å². The fraction of sp³-hybridized carbons (Fsp3) is 0.438. The van der Waals surface area contributed by atoms with Crippen LogP contribution in [-0.4, -0.2) is 38.3 Å². The van der Waals surface area contributed by atoms with Gasteiger partial charge in [0.05, 0.1) is 7.11 Å². The van der Waals surface area contributed by atoms with E-state index in [4.69, 9.17) is 9.15 Å². The van der Waals surface area contributed by atoms with Gasteiger partial charge >= 0.3 is 5.97 Å². The van der Waals surface area contributed by atoms with E-state index in [2.05, 4.69) is 24.1 Å². The first-order valence-corrected chi connectivity index (χ1v) is 7.19. The van der Waals surface area contributed by atoms with E-state index in [1.165, 1.54) is 13.4 Å². The number of ether oxygens (including phenoxy) is 1. The van der Waals surface area contributed by atoms with E-state index >= 15 is 0 Å². The van der Waals surface area contributed by atoms with Gasteiger partial charge in [0.15, 0.2) is 0 Å². The van der Waals surface area contributed by atoms with Gasteiger partial charge in [-0.25, -0.2) is 4.79 Å². The minimum absolute atomic E-state index is 0.368. The van der Waals surface area contributed by atoms with Crippen molar-refractivity contribution in [3.63, 3.8) is 0 Å². The second-order valence-electron chi connectivity index (χ2n) is 5.70. The number of nitrogens with one attached hydrogen (secondary N) is 1. The number of carbonyl (C=O) groups excluding carboxylic acids is 1. The van der Waals surface area contributed by atoms with Crippen molar-refractivity contribution in [1.82, 2.24) is 5.32 Å². The third-order valence-electron chi connectivity index (χ3n) is 3.89. The maximum absolute atomic E-state index is 11.8. The van der Waals surface area contributed by atoms with Gasteiger partial charge in [-0.1, -0.05) is 0 Å². The lowest BCUT2D eigenvalue weighted by Gasteiger charge is -2.37. The van der Waals surface area contributed by atoms with Crippen molar-refractivity contribution in [2.45, 2.75) is 25.9 Å². The Morgan fingerprint density at radius 2 is 2.05 bits per heavy atom. The molecule has 1 saturated heterocycles. The van der Waals surface area contributed by atoms with Crippen molar-refractivity contribution in [2.24, 2.45) is 0 Å². The molecule has 5 heteroatoms. The van der Waals surface area contributed by atoms with Gasteiger partial charge in [0, 0.05) is 36.2 Å². The molecule has 0 bridgehead atoms. The van der Waals surface area contributed by atoms with Crippen LogP contribution in [0.2, 0.25) is 0 Å². The largest absolute Gasteiger partial charge is 0.465 e. The van der Waals surface area contributed by atoms with E-state index < -0.39 is 0 Å². The summed E-state index contributed by atoms with van der Waals surface area (Å²) in [4.78, 5) is 14.1. The number of carbonyl (C=O) groups is 1. The minimum atomic E-state index is -0.368. The number of furan rings is 1. The van der Waals surface area contributed by atoms with Crippen molar-refractivity contribution in [2.75, 3.05) is 25.1 Å². The number of anilines is 1. The van der Waals surface area contributed by atoms with Crippen LogP contribution in [0.1, 0.15) is 24.2 Å². The van der Waals surface area contributed by atoms with Crippen molar-refractivity contribution in [3.8, 4) is 0 Å². The van der Waals surface area contributed by atoms with Crippen LogP contribution >= 0.6 is 0 Å². The summed E-state index contributed by atoms with van der Waals surface area (Å²) in [6.07, 6.45) is 1.46. The summed E-state index contributed by atoms with van der Waals surface area (Å²) in [6, 6.07) is 6.84. The third-order valence-corrected chi connectivity index (χ3v) is 3.89. The molecule has 2 aromatic rings. The number of rotatable bonds is 2. The lowest BCUT2D eigenvalue weighted by Crippen LogP contribution is -2.54. The quantitative estimate of drug-likeness (QED) is 0.860. The van der Waals surface area contributed by atoms with Gasteiger partial charge < -0.3 is 19.4 Å². The SMILES string of the molecule is COC(=O)c1coc2ccc(N3CC(C)NC(C)C3)cc12. The first-order chi connectivity index (χ1) is 10.1. The lowest BCUT2D eigenvalue weighted by molar-refractivity contribution is 0.0602. The Labute approximate surface area is 123 Å². The molecular formula is C16H20N2O3. The van der Waals surface area contributed by atoms with Crippen LogP contribution in [0.15, 0.2) is 28.9 Å². The number of fused-ring (bicyclic) bond motifs is 1. The Hall–Kier alpha value is -2.01. The lowest BCUT2D eigenvalue weighted by atomic mass is 10.1. The van der Waals surface area contributed by atoms with Crippen molar-refractivity contribution >= 4 is 22.6 Å². The number of hydrogen-bond donors (Lipinski definition) is 1. The Morgan fingerprint density at radius 3 is 2.71 bits per heavy atom. The van der Waals surface area contributed by atoms with Crippen LogP contribution < -0.4 is 10.2 Å². The maximum atomic E-state index is 11.8. The summed E-state index contributed by atoms with van der Waals surface area (Å²) in [5, 5.41) is 4.32. The molecule has 2 atom stereocenters. The van der Waals surface area contributed by atoms with Gasteiger partial charge in [-0.3, -0.25) is 0 Å². The Bertz CT molecular complexity index is 655. The van der Waals surface area contributed by atoms with Gasteiger partial charge in [0.2, 0.25) is 0 Å². The molecule has 2 unspecified atom stereocenters. The minimum Gasteiger partial charge on any atom is -0.465 e. The van der Waals surface area contributed by atoms with Gasteiger partial charge in [-0.05, 0) is 32.0 Å². The topological polar surface area (TPSA) is 54.7 Å². The van der Waals surface area contributed by atoms with E-state index in [-0.39, 0.29) is 5.97 Å². The van der Waals surface area contributed by atoms with Crippen LogP contribution in [0.5, 0.6) is 0 Å². The van der Waals surface area contributed by atoms with Gasteiger partial charge in [0.25, 0.3) is 0 Å². The Kier molecular flexibility index (Phi) is 3.59. The first kappa shape index (κ1) is 13.9. The Morgan fingerprint density at radius 1 is 1.33 bits per heavy atom. The fourth-order valence-corrected chi connectivity index (χ4v) is 3.02. The summed E-state index contributed by atoms with van der Waals surface area (Å²) in [5.74, 6) is -0.368. The molecule has 0 aliphatic carbocycles. The number of hydrogen-bond acceptors (Lipinski definition) is 5.